The first-order valence-corrected chi connectivity index (χ1v) is 8.29. The number of pyridine rings is 1. The molecule has 118 valence electrons. The molecule has 0 atom stereocenters. The molecule has 0 spiro atoms. The fraction of sp³-hybridized carbons (Fsp3) is 0.267. The zero-order valence-electron chi connectivity index (χ0n) is 12.1. The van der Waals surface area contributed by atoms with Crippen LogP contribution in [0.3, 0.4) is 0 Å². The number of aryl methyl sites for hydroxylation is 1. The Morgan fingerprint density at radius 2 is 1.86 bits per heavy atom. The van der Waals surface area contributed by atoms with Gasteiger partial charge in [0.1, 0.15) is 6.61 Å². The molecule has 6 nitrogen and oxygen atoms in total. The minimum Gasteiger partial charge on any atom is -0.483 e. The zero-order chi connectivity index (χ0) is 16.2. The van der Waals surface area contributed by atoms with Gasteiger partial charge in [-0.3, -0.25) is 9.35 Å². The molecule has 0 radical (unpaired) electrons. The van der Waals surface area contributed by atoms with Gasteiger partial charge in [0.25, 0.3) is 10.1 Å². The standard InChI is InChI=1S/C15H17NO5S/c1-12-15(21-11-13-5-3-2-4-6-13)14(17)7-8-16(12)9-10-22(18,19)20/h2-8H,9-11H2,1H3,(H,18,19,20). The average molecular weight is 323 g/mol. The van der Waals surface area contributed by atoms with Crippen molar-refractivity contribution in [3.8, 4) is 5.75 Å². The van der Waals surface area contributed by atoms with Gasteiger partial charge in [-0.15, -0.1) is 0 Å². The van der Waals surface area contributed by atoms with E-state index < -0.39 is 15.9 Å². The van der Waals surface area contributed by atoms with Crippen LogP contribution in [0.2, 0.25) is 0 Å². The summed E-state index contributed by atoms with van der Waals surface area (Å²) in [5.74, 6) is -0.240. The first-order valence-electron chi connectivity index (χ1n) is 6.69. The summed E-state index contributed by atoms with van der Waals surface area (Å²) in [6.07, 6.45) is 1.48. The lowest BCUT2D eigenvalue weighted by atomic mass is 10.2. The van der Waals surface area contributed by atoms with Gasteiger partial charge in [-0.1, -0.05) is 30.3 Å². The van der Waals surface area contributed by atoms with E-state index in [1.807, 2.05) is 30.3 Å². The molecule has 2 aromatic rings. The zero-order valence-corrected chi connectivity index (χ0v) is 12.9. The second-order valence-corrected chi connectivity index (χ2v) is 6.42. The number of aromatic nitrogens is 1. The number of rotatable bonds is 6. The van der Waals surface area contributed by atoms with Crippen LogP contribution in [0.1, 0.15) is 11.3 Å². The quantitative estimate of drug-likeness (QED) is 0.817. The number of benzene rings is 1. The highest BCUT2D eigenvalue weighted by Crippen LogP contribution is 2.14. The summed E-state index contributed by atoms with van der Waals surface area (Å²) in [4.78, 5) is 11.9. The Morgan fingerprint density at radius 1 is 1.18 bits per heavy atom. The molecule has 0 unspecified atom stereocenters. The maximum atomic E-state index is 11.9. The van der Waals surface area contributed by atoms with Gasteiger partial charge in [0.15, 0.2) is 5.75 Å². The van der Waals surface area contributed by atoms with Crippen LogP contribution in [0.25, 0.3) is 0 Å². The van der Waals surface area contributed by atoms with Gasteiger partial charge in [0.05, 0.1) is 11.4 Å². The van der Waals surface area contributed by atoms with E-state index in [4.69, 9.17) is 9.29 Å². The van der Waals surface area contributed by atoms with E-state index >= 15 is 0 Å². The third-order valence-electron chi connectivity index (χ3n) is 3.21. The molecule has 0 aliphatic carbocycles. The molecule has 0 amide bonds. The highest BCUT2D eigenvalue weighted by Gasteiger charge is 2.11. The minimum atomic E-state index is -4.06. The number of hydrogen-bond donors (Lipinski definition) is 1. The lowest BCUT2D eigenvalue weighted by molar-refractivity contribution is 0.297. The van der Waals surface area contributed by atoms with E-state index in [2.05, 4.69) is 0 Å². The molecule has 2 rings (SSSR count). The average Bonchev–Trinajstić information content (AvgIpc) is 2.46. The van der Waals surface area contributed by atoms with Crippen LogP contribution >= 0.6 is 0 Å². The van der Waals surface area contributed by atoms with Gasteiger partial charge < -0.3 is 9.30 Å². The van der Waals surface area contributed by atoms with E-state index in [0.29, 0.717) is 5.69 Å². The van der Waals surface area contributed by atoms with Gasteiger partial charge in [0.2, 0.25) is 5.43 Å². The summed E-state index contributed by atoms with van der Waals surface area (Å²) in [5, 5.41) is 0. The van der Waals surface area contributed by atoms with Crippen molar-refractivity contribution in [2.24, 2.45) is 0 Å². The summed E-state index contributed by atoms with van der Waals surface area (Å²) in [6.45, 7) is 1.97. The highest BCUT2D eigenvalue weighted by atomic mass is 32.2. The van der Waals surface area contributed by atoms with Crippen molar-refractivity contribution in [1.82, 2.24) is 4.57 Å². The van der Waals surface area contributed by atoms with Gasteiger partial charge in [-0.05, 0) is 12.5 Å². The molecule has 1 heterocycles. The monoisotopic (exact) mass is 323 g/mol. The molecular formula is C15H17NO5S. The molecule has 22 heavy (non-hydrogen) atoms. The fourth-order valence-corrected chi connectivity index (χ4v) is 2.44. The van der Waals surface area contributed by atoms with Gasteiger partial charge in [-0.2, -0.15) is 8.42 Å². The largest absolute Gasteiger partial charge is 0.483 e. The summed E-state index contributed by atoms with van der Waals surface area (Å²) in [7, 11) is -4.06. The number of hydrogen-bond acceptors (Lipinski definition) is 4. The normalized spacial score (nSPS) is 11.4. The summed E-state index contributed by atoms with van der Waals surface area (Å²) >= 11 is 0. The highest BCUT2D eigenvalue weighted by molar-refractivity contribution is 7.85. The predicted molar refractivity (Wildman–Crippen MR) is 82.6 cm³/mol. The van der Waals surface area contributed by atoms with Crippen LogP contribution < -0.4 is 10.2 Å². The van der Waals surface area contributed by atoms with Crippen LogP contribution in [0.15, 0.2) is 47.4 Å². The van der Waals surface area contributed by atoms with Crippen molar-refractivity contribution >= 4 is 10.1 Å². The smallest absolute Gasteiger partial charge is 0.266 e. The second kappa shape index (κ2) is 6.76. The lowest BCUT2D eigenvalue weighted by Gasteiger charge is -2.14. The van der Waals surface area contributed by atoms with E-state index in [0.717, 1.165) is 5.56 Å². The van der Waals surface area contributed by atoms with Crippen molar-refractivity contribution in [1.29, 1.82) is 0 Å². The number of nitrogens with zero attached hydrogens (tertiary/aromatic N) is 1. The Balaban J connectivity index is 2.18. The molecule has 7 heteroatoms. The molecule has 0 bridgehead atoms. The maximum absolute atomic E-state index is 11.9. The van der Waals surface area contributed by atoms with E-state index in [1.54, 1.807) is 11.5 Å². The maximum Gasteiger partial charge on any atom is 0.266 e. The Hall–Kier alpha value is -2.12. The molecule has 0 aliphatic heterocycles. The summed E-state index contributed by atoms with van der Waals surface area (Å²) < 4.78 is 37.6. The van der Waals surface area contributed by atoms with Crippen molar-refractivity contribution in [2.45, 2.75) is 20.1 Å². The lowest BCUT2D eigenvalue weighted by Crippen LogP contribution is -2.18. The van der Waals surface area contributed by atoms with Gasteiger partial charge in [0, 0.05) is 18.8 Å². The molecule has 0 fully saturated rings. The molecule has 1 aromatic carbocycles. The Morgan fingerprint density at radius 3 is 2.50 bits per heavy atom. The van der Waals surface area contributed by atoms with Crippen molar-refractivity contribution in [2.75, 3.05) is 5.75 Å². The third-order valence-corrected chi connectivity index (χ3v) is 3.90. The molecule has 1 N–H and O–H groups in total. The van der Waals surface area contributed by atoms with Crippen LogP contribution in [0.5, 0.6) is 5.75 Å². The molecule has 0 aliphatic rings. The third kappa shape index (κ3) is 4.44. The van der Waals surface area contributed by atoms with E-state index in [1.165, 1.54) is 12.3 Å². The van der Waals surface area contributed by atoms with E-state index in [9.17, 15) is 13.2 Å². The first kappa shape index (κ1) is 16.3. The van der Waals surface area contributed by atoms with E-state index in [-0.39, 0.29) is 24.3 Å². The number of ether oxygens (including phenoxy) is 1. The SMILES string of the molecule is Cc1c(OCc2ccccc2)c(=O)ccn1CCS(=O)(=O)O. The second-order valence-electron chi connectivity index (χ2n) is 4.85. The Labute approximate surface area is 128 Å². The van der Waals surface area contributed by atoms with Crippen LogP contribution in [0, 0.1) is 6.92 Å². The topological polar surface area (TPSA) is 85.6 Å². The summed E-state index contributed by atoms with van der Waals surface area (Å²) in [5.41, 5.74) is 1.18. The van der Waals surface area contributed by atoms with Crippen molar-refractivity contribution in [3.63, 3.8) is 0 Å². The minimum absolute atomic E-state index is 0.0483. The first-order chi connectivity index (χ1) is 10.4. The fourth-order valence-electron chi connectivity index (χ4n) is 2.02. The predicted octanol–water partition coefficient (Wildman–Crippen LogP) is 1.62. The summed E-state index contributed by atoms with van der Waals surface area (Å²) in [6, 6.07) is 10.7. The van der Waals surface area contributed by atoms with Crippen LogP contribution in [0.4, 0.5) is 0 Å². The van der Waals surface area contributed by atoms with Crippen LogP contribution in [-0.2, 0) is 23.3 Å². The molecule has 0 saturated heterocycles. The Bertz CT molecular complexity index is 796. The van der Waals surface area contributed by atoms with Crippen molar-refractivity contribution in [3.05, 3.63) is 64.1 Å². The van der Waals surface area contributed by atoms with Crippen molar-refractivity contribution < 1.29 is 17.7 Å². The molecule has 1 aromatic heterocycles. The van der Waals surface area contributed by atoms with Gasteiger partial charge in [-0.25, -0.2) is 0 Å². The van der Waals surface area contributed by atoms with Gasteiger partial charge >= 0.3 is 0 Å². The molecular weight excluding hydrogens is 306 g/mol. The molecule has 0 saturated carbocycles. The van der Waals surface area contributed by atoms with Crippen LogP contribution in [-0.4, -0.2) is 23.3 Å². The Kier molecular flexibility index (Phi) is 4.99.